The van der Waals surface area contributed by atoms with E-state index in [0.717, 1.165) is 117 Å². The van der Waals surface area contributed by atoms with Crippen molar-refractivity contribution in [2.75, 3.05) is 57.8 Å². The number of rotatable bonds is 6. The van der Waals surface area contributed by atoms with Crippen molar-refractivity contribution in [2.24, 2.45) is 11.3 Å². The van der Waals surface area contributed by atoms with E-state index in [4.69, 9.17) is 4.98 Å². The number of likely N-dealkylation sites (tertiary alicyclic amines) is 1. The Morgan fingerprint density at radius 3 is 2.52 bits per heavy atom. The zero-order chi connectivity index (χ0) is 34.6. The minimum absolute atomic E-state index is 0.0993. The Kier molecular flexibility index (Phi) is 8.49. The quantitative estimate of drug-likeness (QED) is 0.276. The first kappa shape index (κ1) is 32.7. The van der Waals surface area contributed by atoms with Gasteiger partial charge in [-0.15, -0.1) is 0 Å². The van der Waals surface area contributed by atoms with Gasteiger partial charge in [-0.25, -0.2) is 4.98 Å². The molecule has 3 fully saturated rings. The molecule has 0 saturated carbocycles. The van der Waals surface area contributed by atoms with Gasteiger partial charge in [0.05, 0.1) is 11.6 Å². The van der Waals surface area contributed by atoms with Gasteiger partial charge in [-0.05, 0) is 79.7 Å². The van der Waals surface area contributed by atoms with Gasteiger partial charge in [-0.3, -0.25) is 29.3 Å². The van der Waals surface area contributed by atoms with Crippen LogP contribution in [0.3, 0.4) is 0 Å². The molecule has 8 rings (SSSR count). The molecule has 1 aromatic carbocycles. The minimum atomic E-state index is -0.289. The number of hydrogen-bond donors (Lipinski definition) is 2. The predicted molar refractivity (Wildman–Crippen MR) is 193 cm³/mol. The number of fused-ring (bicyclic) bond motifs is 2. The summed E-state index contributed by atoms with van der Waals surface area (Å²) in [5, 5.41) is 9.08. The smallest absolute Gasteiger partial charge is 0.254 e. The lowest BCUT2D eigenvalue weighted by Gasteiger charge is -2.39. The lowest BCUT2D eigenvalue weighted by Crippen LogP contribution is -2.50. The van der Waals surface area contributed by atoms with Crippen LogP contribution in [0.1, 0.15) is 79.0 Å². The highest BCUT2D eigenvalue weighted by molar-refractivity contribution is 6.01. The van der Waals surface area contributed by atoms with Crippen LogP contribution in [0.5, 0.6) is 0 Å². The maximum atomic E-state index is 13.6. The first-order chi connectivity index (χ1) is 24.1. The second kappa shape index (κ2) is 13.0. The normalized spacial score (nSPS) is 22.0. The van der Waals surface area contributed by atoms with E-state index in [2.05, 4.69) is 51.0 Å². The van der Waals surface area contributed by atoms with Crippen LogP contribution in [0, 0.1) is 11.3 Å². The Balaban J connectivity index is 0.818. The molecule has 262 valence electrons. The topological polar surface area (TPSA) is 122 Å². The van der Waals surface area contributed by atoms with Crippen molar-refractivity contribution in [1.82, 2.24) is 34.9 Å². The van der Waals surface area contributed by atoms with Crippen molar-refractivity contribution in [3.63, 3.8) is 0 Å². The summed E-state index contributed by atoms with van der Waals surface area (Å²) < 4.78 is 0. The van der Waals surface area contributed by atoms with E-state index in [0.29, 0.717) is 24.2 Å². The lowest BCUT2D eigenvalue weighted by molar-refractivity contribution is -0.147. The largest absolute Gasteiger partial charge is 0.357 e. The maximum Gasteiger partial charge on any atom is 0.254 e. The summed E-state index contributed by atoms with van der Waals surface area (Å²) in [5.41, 5.74) is 7.47. The third-order valence-electron chi connectivity index (χ3n) is 11.7. The number of anilines is 1. The third-order valence-corrected chi connectivity index (χ3v) is 11.7. The molecular weight excluding hydrogens is 628 g/mol. The van der Waals surface area contributed by atoms with Crippen molar-refractivity contribution in [1.29, 1.82) is 0 Å². The highest BCUT2D eigenvalue weighted by Gasteiger charge is 2.34. The molecule has 0 bridgehead atoms. The number of aromatic amines is 2. The van der Waals surface area contributed by atoms with Crippen LogP contribution in [0.2, 0.25) is 0 Å². The van der Waals surface area contributed by atoms with Crippen molar-refractivity contribution in [2.45, 2.75) is 64.7 Å². The van der Waals surface area contributed by atoms with Gasteiger partial charge in [0.1, 0.15) is 11.5 Å². The molecule has 6 heterocycles. The van der Waals surface area contributed by atoms with Gasteiger partial charge in [0, 0.05) is 93.2 Å². The molecule has 0 spiro atoms. The molecule has 0 radical (unpaired) electrons. The van der Waals surface area contributed by atoms with Gasteiger partial charge in [0.2, 0.25) is 11.8 Å². The Morgan fingerprint density at radius 1 is 0.960 bits per heavy atom. The molecule has 3 amide bonds. The summed E-state index contributed by atoms with van der Waals surface area (Å²) in [6.07, 6.45) is 8.17. The number of likely N-dealkylation sites (N-methyl/N-ethyl adjacent to an activating group) is 1. The Morgan fingerprint density at radius 2 is 1.76 bits per heavy atom. The van der Waals surface area contributed by atoms with E-state index in [9.17, 15) is 14.4 Å². The molecule has 1 unspecified atom stereocenters. The fourth-order valence-corrected chi connectivity index (χ4v) is 8.50. The zero-order valence-electron chi connectivity index (χ0n) is 29.5. The zero-order valence-corrected chi connectivity index (χ0v) is 29.5. The number of amides is 3. The second-order valence-corrected chi connectivity index (χ2v) is 15.7. The summed E-state index contributed by atoms with van der Waals surface area (Å²) in [7, 11) is 1.57. The van der Waals surface area contributed by atoms with Crippen molar-refractivity contribution in [3.8, 4) is 11.4 Å². The molecule has 11 heteroatoms. The average molecular weight is 677 g/mol. The number of pyridine rings is 1. The van der Waals surface area contributed by atoms with Crippen LogP contribution in [-0.4, -0.2) is 105 Å². The first-order valence-corrected chi connectivity index (χ1v) is 18.3. The number of H-pyrrole nitrogens is 2. The molecule has 2 N–H and O–H groups in total. The van der Waals surface area contributed by atoms with Crippen LogP contribution >= 0.6 is 0 Å². The van der Waals surface area contributed by atoms with E-state index >= 15 is 0 Å². The molecular formula is C39H48N8O3. The molecule has 3 aromatic heterocycles. The number of hydrogen-bond acceptors (Lipinski definition) is 7. The van der Waals surface area contributed by atoms with Gasteiger partial charge in [-0.1, -0.05) is 26.0 Å². The average Bonchev–Trinajstić information content (AvgIpc) is 3.74. The number of carbonyl (C=O) groups excluding carboxylic acids is 3. The third kappa shape index (κ3) is 6.32. The van der Waals surface area contributed by atoms with Gasteiger partial charge >= 0.3 is 0 Å². The number of piperazine rings is 1. The Labute approximate surface area is 293 Å². The standard InChI is InChI=1S/C39H48N8O3/c1-39(2)13-10-30-33(22-39)42-43-36(30)32-20-26-4-5-27(21-31(26)41-32)37(49)47-18-16-45(17-19-47)24-25-11-14-46(15-12-25)34-8-6-28(23-40-34)29-7-9-35(48)44(3)38(29)50/h4-6,8,20-21,23,25,29,41H,7,9-19,22,24H2,1-3H3,(H,42,43). The van der Waals surface area contributed by atoms with Gasteiger partial charge < -0.3 is 14.8 Å². The molecule has 1 atom stereocenters. The van der Waals surface area contributed by atoms with Crippen LogP contribution < -0.4 is 4.90 Å². The number of imide groups is 1. The Hall–Kier alpha value is -4.51. The monoisotopic (exact) mass is 676 g/mol. The van der Waals surface area contributed by atoms with Gasteiger partial charge in [0.25, 0.3) is 5.91 Å². The Bertz CT molecular complexity index is 1910. The van der Waals surface area contributed by atoms with Crippen LogP contribution in [-0.2, 0) is 22.4 Å². The molecule has 11 nitrogen and oxygen atoms in total. The molecule has 3 saturated heterocycles. The fourth-order valence-electron chi connectivity index (χ4n) is 8.50. The van der Waals surface area contributed by atoms with Crippen molar-refractivity contribution >= 4 is 34.4 Å². The van der Waals surface area contributed by atoms with Crippen LogP contribution in [0.4, 0.5) is 5.82 Å². The van der Waals surface area contributed by atoms with E-state index < -0.39 is 0 Å². The summed E-state index contributed by atoms with van der Waals surface area (Å²) in [5.74, 6) is 1.14. The maximum absolute atomic E-state index is 13.6. The number of carbonyl (C=O) groups is 3. The number of benzene rings is 1. The molecule has 4 aromatic rings. The summed E-state index contributed by atoms with van der Waals surface area (Å²) in [6, 6.07) is 12.2. The van der Waals surface area contributed by atoms with E-state index in [1.807, 2.05) is 35.4 Å². The number of nitrogens with one attached hydrogen (secondary N) is 2. The molecule has 1 aliphatic carbocycles. The minimum Gasteiger partial charge on any atom is -0.357 e. The first-order valence-electron chi connectivity index (χ1n) is 18.3. The van der Waals surface area contributed by atoms with E-state index in [1.165, 1.54) is 16.2 Å². The predicted octanol–water partition coefficient (Wildman–Crippen LogP) is 5.00. The second-order valence-electron chi connectivity index (χ2n) is 15.7. The lowest BCUT2D eigenvalue weighted by atomic mass is 9.76. The SMILES string of the molecule is CN1C(=O)CCC(c2ccc(N3CCC(CN4CCN(C(=O)c5ccc6cc(-c7n[nH]c8c7CCC(C)(C)C8)[nH]c6c5)CC4)CC3)nc2)C1=O. The number of piperidine rings is 2. The summed E-state index contributed by atoms with van der Waals surface area (Å²) in [4.78, 5) is 54.4. The highest BCUT2D eigenvalue weighted by atomic mass is 16.2. The molecule has 4 aliphatic rings. The van der Waals surface area contributed by atoms with E-state index in [-0.39, 0.29) is 23.6 Å². The highest BCUT2D eigenvalue weighted by Crippen LogP contribution is 2.38. The van der Waals surface area contributed by atoms with Crippen molar-refractivity contribution in [3.05, 3.63) is 65.0 Å². The molecule has 3 aliphatic heterocycles. The fraction of sp³-hybridized carbons (Fsp3) is 0.513. The number of aromatic nitrogens is 4. The van der Waals surface area contributed by atoms with Gasteiger partial charge in [-0.2, -0.15) is 5.10 Å². The van der Waals surface area contributed by atoms with Crippen LogP contribution in [0.25, 0.3) is 22.3 Å². The summed E-state index contributed by atoms with van der Waals surface area (Å²) >= 11 is 0. The molecule has 50 heavy (non-hydrogen) atoms. The van der Waals surface area contributed by atoms with E-state index in [1.54, 1.807) is 7.05 Å². The number of nitrogens with zero attached hydrogens (tertiary/aromatic N) is 6. The van der Waals surface area contributed by atoms with Gasteiger partial charge in [0.15, 0.2) is 0 Å². The van der Waals surface area contributed by atoms with Crippen molar-refractivity contribution < 1.29 is 14.4 Å². The summed E-state index contributed by atoms with van der Waals surface area (Å²) in [6.45, 7) is 10.9. The van der Waals surface area contributed by atoms with Crippen LogP contribution in [0.15, 0.2) is 42.6 Å².